The van der Waals surface area contributed by atoms with Crippen LogP contribution in [0.15, 0.2) is 218 Å². The molecule has 0 radical (unpaired) electrons. The Labute approximate surface area is 502 Å². The number of fused-ring (bicyclic) bond motifs is 2. The monoisotopic (exact) mass is 1080 g/mol. The molecule has 5 heteroatoms. The van der Waals surface area contributed by atoms with Gasteiger partial charge >= 0.3 is 0 Å². The van der Waals surface area contributed by atoms with Crippen LogP contribution in [0.25, 0.3) is 55.6 Å². The van der Waals surface area contributed by atoms with Gasteiger partial charge in [-0.25, -0.2) is 4.98 Å². The Morgan fingerprint density at radius 2 is 1.17 bits per heavy atom. The van der Waals surface area contributed by atoms with Crippen molar-refractivity contribution in [3.8, 4) is 67.1 Å². The van der Waals surface area contributed by atoms with Crippen LogP contribution in [0, 0.1) is 6.85 Å². The number of aromatic nitrogens is 1. The second-order valence-electron chi connectivity index (χ2n) is 25.2. The van der Waals surface area contributed by atoms with Gasteiger partial charge in [-0.3, -0.25) is 0 Å². The molecular formula is C77H76N4O. The highest BCUT2D eigenvalue weighted by Crippen LogP contribution is 2.53. The first kappa shape index (κ1) is 42.2. The van der Waals surface area contributed by atoms with Gasteiger partial charge in [0.15, 0.2) is 0 Å². The summed E-state index contributed by atoms with van der Waals surface area (Å²) < 4.78 is 107. The summed E-state index contributed by atoms with van der Waals surface area (Å²) in [5.41, 5.74) is 12.8. The van der Waals surface area contributed by atoms with E-state index >= 15 is 0 Å². The molecular weight excluding hydrogens is 997 g/mol. The number of pyridine rings is 1. The molecule has 0 saturated carbocycles. The molecule has 9 aromatic carbocycles. The van der Waals surface area contributed by atoms with Gasteiger partial charge in [0.05, 0.1) is 28.0 Å². The molecule has 12 rings (SSSR count). The van der Waals surface area contributed by atoms with Crippen LogP contribution in [0.1, 0.15) is 125 Å². The Morgan fingerprint density at radius 1 is 0.524 bits per heavy atom. The molecule has 1 aliphatic heterocycles. The molecule has 82 heavy (non-hydrogen) atoms. The lowest BCUT2D eigenvalue weighted by molar-refractivity contribution is 0.333. The zero-order valence-electron chi connectivity index (χ0n) is 59.5. The van der Waals surface area contributed by atoms with E-state index in [2.05, 4.69) is 127 Å². The summed E-state index contributed by atoms with van der Waals surface area (Å²) in [6.07, 6.45) is 3.48. The van der Waals surface area contributed by atoms with Gasteiger partial charge in [-0.15, -0.1) is 0 Å². The molecule has 0 saturated heterocycles. The molecule has 0 spiro atoms. The lowest BCUT2D eigenvalue weighted by atomic mass is 9.61. The zero-order valence-corrected chi connectivity index (χ0v) is 48.5. The molecule has 1 N–H and O–H groups in total. The standard InChI is InChI=1S/C77H76N4O/c1-51-43-71(78-49-66(51)65-32-22-33-67-72(65)77(10,11)42-41-76(67,8)9)79-68-34-16-15-29-62(68)53-37-39-60(40-38-53)82-61-28-20-27-59(48-61)80-50-81(70-36-18-17-35-69(70)80)73-63(55-26-19-25-54(44-55)52-23-13-12-14-24-52)30-21-31-64(73)56-45-57(74(2,3)4)47-58(46-56)75(5,6)7/h12-40,43-49H,41-42,50H2,1-11H3,(H,78,79)/i1D3,15D,16D,19D,25D,26D,29D,34D,44D. The van der Waals surface area contributed by atoms with E-state index in [1.54, 1.807) is 30.5 Å². The molecule has 0 atom stereocenters. The van der Waals surface area contributed by atoms with E-state index < -0.39 is 18.9 Å². The maximum absolute atomic E-state index is 9.92. The number of hydrogen-bond donors (Lipinski definition) is 1. The van der Waals surface area contributed by atoms with Crippen LogP contribution in [-0.4, -0.2) is 11.7 Å². The number of ether oxygens (including phenoxy) is 1. The van der Waals surface area contributed by atoms with Gasteiger partial charge in [0.2, 0.25) is 0 Å². The van der Waals surface area contributed by atoms with E-state index in [0.717, 1.165) is 69.0 Å². The van der Waals surface area contributed by atoms with E-state index in [9.17, 15) is 6.85 Å². The summed E-state index contributed by atoms with van der Waals surface area (Å²) in [4.78, 5) is 9.17. The number of aryl methyl sites for hydroxylation is 1. The minimum atomic E-state index is -2.56. The summed E-state index contributed by atoms with van der Waals surface area (Å²) in [6, 6.07) is 50.2. The molecule has 5 nitrogen and oxygen atoms in total. The van der Waals surface area contributed by atoms with Crippen molar-refractivity contribution in [1.82, 2.24) is 4.98 Å². The number of nitrogens with one attached hydrogen (secondary N) is 1. The fourth-order valence-electron chi connectivity index (χ4n) is 11.8. The molecule has 10 aromatic rings. The van der Waals surface area contributed by atoms with Crippen molar-refractivity contribution in [3.05, 3.63) is 246 Å². The fourth-order valence-corrected chi connectivity index (χ4v) is 11.8. The highest BCUT2D eigenvalue weighted by Gasteiger charge is 2.39. The van der Waals surface area contributed by atoms with Gasteiger partial charge in [-0.2, -0.15) is 0 Å². The summed E-state index contributed by atoms with van der Waals surface area (Å²) in [5.74, 6) is 1.08. The van der Waals surface area contributed by atoms with E-state index in [4.69, 9.17) is 17.9 Å². The molecule has 0 fully saturated rings. The number of hydrogen-bond acceptors (Lipinski definition) is 5. The molecule has 0 bridgehead atoms. The van der Waals surface area contributed by atoms with Crippen LogP contribution in [-0.2, 0) is 21.7 Å². The van der Waals surface area contributed by atoms with Crippen molar-refractivity contribution < 1.29 is 19.8 Å². The van der Waals surface area contributed by atoms with Crippen molar-refractivity contribution in [1.29, 1.82) is 0 Å². The van der Waals surface area contributed by atoms with E-state index in [-0.39, 0.29) is 91.7 Å². The zero-order chi connectivity index (χ0) is 66.6. The van der Waals surface area contributed by atoms with Gasteiger partial charge in [-0.05, 0) is 157 Å². The Bertz CT molecular complexity index is 4570. The third kappa shape index (κ3) is 10.5. The lowest BCUT2D eigenvalue weighted by Crippen LogP contribution is -2.34. The van der Waals surface area contributed by atoms with Crippen molar-refractivity contribution in [2.24, 2.45) is 0 Å². The predicted molar refractivity (Wildman–Crippen MR) is 347 cm³/mol. The van der Waals surface area contributed by atoms with Crippen LogP contribution in [0.5, 0.6) is 11.5 Å². The smallest absolute Gasteiger partial charge is 0.130 e. The average Bonchev–Trinajstić information content (AvgIpc) is 1.74. The summed E-state index contributed by atoms with van der Waals surface area (Å²) in [7, 11) is 0. The molecule has 2 aliphatic rings. The SMILES string of the molecule is [2H]c1c([2H])c([2H])c(-c2ccc(Oc3cccc(N4CN(c5c(-c6cc(C(C)(C)C)cc(C(C)(C)C)c6)cccc5-c5c([2H])c([2H])c([2H])c(-c6ccccc6)c5[2H])c5ccccc54)c3)cc2)c(Nc2cc(C([2H])([2H])[2H])c(-c3cccc4c3C(C)(C)CCC4(C)C)cn2)c1[2H]. The number of anilines is 6. The minimum absolute atomic E-state index is 0.00315. The first-order valence-corrected chi connectivity index (χ1v) is 28.3. The number of nitrogens with zero attached hydrogens (tertiary/aromatic N) is 3. The third-order valence-corrected chi connectivity index (χ3v) is 16.5. The normalized spacial score (nSPS) is 16.6. The van der Waals surface area contributed by atoms with Crippen molar-refractivity contribution in [2.75, 3.05) is 21.8 Å². The van der Waals surface area contributed by atoms with Crippen molar-refractivity contribution in [2.45, 2.75) is 111 Å². The molecule has 1 aromatic heterocycles. The number of rotatable bonds is 11. The second kappa shape index (κ2) is 21.0. The Morgan fingerprint density at radius 3 is 1.90 bits per heavy atom. The minimum Gasteiger partial charge on any atom is -0.457 e. The van der Waals surface area contributed by atoms with Gasteiger partial charge in [-0.1, -0.05) is 221 Å². The molecule has 2 heterocycles. The van der Waals surface area contributed by atoms with Crippen LogP contribution >= 0.6 is 0 Å². The van der Waals surface area contributed by atoms with Crippen LogP contribution in [0.2, 0.25) is 0 Å². The molecule has 0 amide bonds. The van der Waals surface area contributed by atoms with Gasteiger partial charge < -0.3 is 19.9 Å². The van der Waals surface area contributed by atoms with Gasteiger partial charge in [0.1, 0.15) is 24.0 Å². The van der Waals surface area contributed by atoms with Gasteiger partial charge in [0, 0.05) is 50.0 Å². The lowest BCUT2D eigenvalue weighted by Gasteiger charge is -2.43. The van der Waals surface area contributed by atoms with E-state index in [1.165, 1.54) is 11.6 Å². The number of para-hydroxylation sites is 4. The predicted octanol–water partition coefficient (Wildman–Crippen LogP) is 21.5. The molecule has 1 aliphatic carbocycles. The summed E-state index contributed by atoms with van der Waals surface area (Å²) in [5, 5.41) is 3.15. The number of benzene rings is 9. The Hall–Kier alpha value is -8.67. The largest absolute Gasteiger partial charge is 0.457 e. The molecule has 410 valence electrons. The maximum atomic E-state index is 9.92. The van der Waals surface area contributed by atoms with E-state index in [0.29, 0.717) is 40.4 Å². The average molecular weight is 1080 g/mol. The Balaban J connectivity index is 0.902. The third-order valence-electron chi connectivity index (χ3n) is 16.5. The molecule has 0 unspecified atom stereocenters. The summed E-state index contributed by atoms with van der Waals surface area (Å²) >= 11 is 0. The first-order valence-electron chi connectivity index (χ1n) is 33.8. The van der Waals surface area contributed by atoms with Crippen molar-refractivity contribution >= 4 is 34.3 Å². The van der Waals surface area contributed by atoms with Crippen LogP contribution in [0.3, 0.4) is 0 Å². The van der Waals surface area contributed by atoms with Crippen LogP contribution in [0.4, 0.5) is 34.3 Å². The first-order chi connectivity index (χ1) is 43.8. The topological polar surface area (TPSA) is 40.6 Å². The highest BCUT2D eigenvalue weighted by atomic mass is 16.5. The highest BCUT2D eigenvalue weighted by molar-refractivity contribution is 5.99. The fraction of sp³-hybridized carbons (Fsp3) is 0.234. The maximum Gasteiger partial charge on any atom is 0.130 e. The summed E-state index contributed by atoms with van der Waals surface area (Å²) in [6.45, 7) is 19.8. The second-order valence-corrected chi connectivity index (χ2v) is 25.2. The van der Waals surface area contributed by atoms with Crippen LogP contribution < -0.4 is 19.9 Å². The van der Waals surface area contributed by atoms with E-state index in [1.807, 2.05) is 91.0 Å². The Kier molecular flexibility index (Phi) is 10.8. The quantitative estimate of drug-likeness (QED) is 0.140. The van der Waals surface area contributed by atoms with Crippen molar-refractivity contribution in [3.63, 3.8) is 0 Å². The van der Waals surface area contributed by atoms with Gasteiger partial charge in [0.25, 0.3) is 0 Å².